The van der Waals surface area contributed by atoms with Crippen molar-refractivity contribution in [2.75, 3.05) is 20.3 Å². The minimum atomic E-state index is -0.841. The third-order valence-electron chi connectivity index (χ3n) is 4.38. The number of hydrogen-bond acceptors (Lipinski definition) is 6. The van der Waals surface area contributed by atoms with Crippen LogP contribution in [0, 0.1) is 11.3 Å². The molecule has 2 rings (SSSR count). The Kier molecular flexibility index (Phi) is 7.17. The van der Waals surface area contributed by atoms with E-state index in [-0.39, 0.29) is 18.9 Å². The summed E-state index contributed by atoms with van der Waals surface area (Å²) in [6.45, 7) is -0.373. The Hall–Kier alpha value is -3.08. The molecule has 27 heavy (non-hydrogen) atoms. The molecule has 1 aliphatic carbocycles. The standard InChI is InChI=1S/C19H23N3O5/c1-26-15-7-3-2-6-14(15)18(25)21-11-8-17(24)27-12-16(23)22-19(13-20)9-4-5-10-19/h2-3,6-7H,4-5,8-12H2,1H3,(H,21,25)(H,22,23). The average molecular weight is 373 g/mol. The summed E-state index contributed by atoms with van der Waals surface area (Å²) in [6.07, 6.45) is 2.92. The zero-order valence-electron chi connectivity index (χ0n) is 15.2. The van der Waals surface area contributed by atoms with Gasteiger partial charge in [0.25, 0.3) is 11.8 Å². The molecule has 0 aliphatic heterocycles. The minimum Gasteiger partial charge on any atom is -0.496 e. The van der Waals surface area contributed by atoms with Gasteiger partial charge in [-0.3, -0.25) is 14.4 Å². The van der Waals surface area contributed by atoms with Crippen LogP contribution in [0.3, 0.4) is 0 Å². The summed E-state index contributed by atoms with van der Waals surface area (Å²) in [5, 5.41) is 14.5. The number of nitriles is 1. The maximum Gasteiger partial charge on any atom is 0.308 e. The highest BCUT2D eigenvalue weighted by Gasteiger charge is 2.35. The molecule has 8 nitrogen and oxygen atoms in total. The first-order chi connectivity index (χ1) is 13.0. The van der Waals surface area contributed by atoms with Crippen LogP contribution < -0.4 is 15.4 Å². The zero-order valence-corrected chi connectivity index (χ0v) is 15.2. The molecule has 144 valence electrons. The van der Waals surface area contributed by atoms with Crippen LogP contribution in [0.5, 0.6) is 5.75 Å². The molecule has 0 spiro atoms. The van der Waals surface area contributed by atoms with Crippen molar-refractivity contribution in [3.8, 4) is 11.8 Å². The van der Waals surface area contributed by atoms with Crippen molar-refractivity contribution in [3.05, 3.63) is 29.8 Å². The molecule has 0 atom stereocenters. The van der Waals surface area contributed by atoms with Crippen LogP contribution in [-0.4, -0.2) is 43.6 Å². The van der Waals surface area contributed by atoms with Gasteiger partial charge in [-0.15, -0.1) is 0 Å². The van der Waals surface area contributed by atoms with Gasteiger partial charge in [0.1, 0.15) is 11.3 Å². The predicted octanol–water partition coefficient (Wildman–Crippen LogP) is 1.31. The van der Waals surface area contributed by atoms with Gasteiger partial charge in [-0.2, -0.15) is 5.26 Å². The molecule has 1 fully saturated rings. The maximum atomic E-state index is 12.1. The van der Waals surface area contributed by atoms with E-state index in [1.807, 2.05) is 0 Å². The van der Waals surface area contributed by atoms with Gasteiger partial charge in [0.05, 0.1) is 25.2 Å². The molecular weight excluding hydrogens is 350 g/mol. The van der Waals surface area contributed by atoms with E-state index < -0.39 is 24.0 Å². The van der Waals surface area contributed by atoms with Crippen LogP contribution in [0.25, 0.3) is 0 Å². The van der Waals surface area contributed by atoms with Crippen LogP contribution in [0.4, 0.5) is 0 Å². The lowest BCUT2D eigenvalue weighted by Crippen LogP contribution is -2.46. The lowest BCUT2D eigenvalue weighted by molar-refractivity contribution is -0.148. The molecule has 0 radical (unpaired) electrons. The SMILES string of the molecule is COc1ccccc1C(=O)NCCC(=O)OCC(=O)NC1(C#N)CCCC1. The van der Waals surface area contributed by atoms with Crippen LogP contribution in [-0.2, 0) is 14.3 Å². The number of amides is 2. The highest BCUT2D eigenvalue weighted by atomic mass is 16.5. The van der Waals surface area contributed by atoms with Gasteiger partial charge >= 0.3 is 5.97 Å². The second-order valence-corrected chi connectivity index (χ2v) is 6.32. The summed E-state index contributed by atoms with van der Waals surface area (Å²) >= 11 is 0. The fourth-order valence-electron chi connectivity index (χ4n) is 2.97. The van der Waals surface area contributed by atoms with Gasteiger partial charge in [0.2, 0.25) is 0 Å². The second kappa shape index (κ2) is 9.57. The van der Waals surface area contributed by atoms with Crippen molar-refractivity contribution in [2.24, 2.45) is 0 Å². The smallest absolute Gasteiger partial charge is 0.308 e. The summed E-state index contributed by atoms with van der Waals surface area (Å²) in [4.78, 5) is 35.7. The number of methoxy groups -OCH3 is 1. The average Bonchev–Trinajstić information content (AvgIpc) is 3.15. The zero-order chi connectivity index (χ0) is 19.7. The third kappa shape index (κ3) is 5.71. The maximum absolute atomic E-state index is 12.1. The van der Waals surface area contributed by atoms with Crippen LogP contribution in [0.15, 0.2) is 24.3 Å². The van der Waals surface area contributed by atoms with Crippen molar-refractivity contribution >= 4 is 17.8 Å². The number of nitrogens with one attached hydrogen (secondary N) is 2. The fourth-order valence-corrected chi connectivity index (χ4v) is 2.97. The second-order valence-electron chi connectivity index (χ2n) is 6.32. The molecule has 1 aromatic rings. The predicted molar refractivity (Wildman–Crippen MR) is 95.9 cm³/mol. The van der Waals surface area contributed by atoms with E-state index in [0.717, 1.165) is 12.8 Å². The van der Waals surface area contributed by atoms with E-state index >= 15 is 0 Å². The Bertz CT molecular complexity index is 735. The van der Waals surface area contributed by atoms with Gasteiger partial charge in [-0.25, -0.2) is 0 Å². The Balaban J connectivity index is 1.69. The summed E-state index contributed by atoms with van der Waals surface area (Å²) < 4.78 is 10.0. The number of rotatable bonds is 8. The van der Waals surface area contributed by atoms with Gasteiger partial charge in [-0.05, 0) is 37.8 Å². The number of para-hydroxylation sites is 1. The highest BCUT2D eigenvalue weighted by molar-refractivity contribution is 5.97. The normalized spacial score (nSPS) is 14.7. The molecule has 2 amide bonds. The molecular formula is C19H23N3O5. The van der Waals surface area contributed by atoms with Gasteiger partial charge in [0, 0.05) is 6.54 Å². The summed E-state index contributed by atoms with van der Waals surface area (Å²) in [5.41, 5.74) is -0.474. The molecule has 0 aromatic heterocycles. The highest BCUT2D eigenvalue weighted by Crippen LogP contribution is 2.28. The summed E-state index contributed by atoms with van der Waals surface area (Å²) in [6, 6.07) is 8.88. The van der Waals surface area contributed by atoms with E-state index in [4.69, 9.17) is 9.47 Å². The summed E-state index contributed by atoms with van der Waals surface area (Å²) in [5.74, 6) is -1.03. The Morgan fingerprint density at radius 1 is 1.22 bits per heavy atom. The van der Waals surface area contributed by atoms with Gasteiger partial charge in [0.15, 0.2) is 6.61 Å². The monoisotopic (exact) mass is 373 g/mol. The largest absolute Gasteiger partial charge is 0.496 e. The molecule has 1 aliphatic rings. The summed E-state index contributed by atoms with van der Waals surface area (Å²) in [7, 11) is 1.47. The van der Waals surface area contributed by atoms with Crippen molar-refractivity contribution in [2.45, 2.75) is 37.6 Å². The number of benzene rings is 1. The van der Waals surface area contributed by atoms with Crippen molar-refractivity contribution in [3.63, 3.8) is 0 Å². The first-order valence-electron chi connectivity index (χ1n) is 8.79. The first kappa shape index (κ1) is 20.2. The molecule has 0 heterocycles. The van der Waals surface area contributed by atoms with E-state index in [0.29, 0.717) is 24.2 Å². The van der Waals surface area contributed by atoms with E-state index in [2.05, 4.69) is 16.7 Å². The van der Waals surface area contributed by atoms with E-state index in [1.54, 1.807) is 24.3 Å². The van der Waals surface area contributed by atoms with Crippen LogP contribution in [0.1, 0.15) is 42.5 Å². The van der Waals surface area contributed by atoms with Crippen LogP contribution >= 0.6 is 0 Å². The number of carbonyl (C=O) groups is 3. The Labute approximate surface area is 157 Å². The van der Waals surface area contributed by atoms with E-state index in [9.17, 15) is 19.6 Å². The lowest BCUT2D eigenvalue weighted by atomic mass is 10.00. The molecule has 2 N–H and O–H groups in total. The van der Waals surface area contributed by atoms with E-state index in [1.165, 1.54) is 7.11 Å². The van der Waals surface area contributed by atoms with Crippen molar-refractivity contribution in [1.29, 1.82) is 5.26 Å². The topological polar surface area (TPSA) is 118 Å². The molecule has 0 saturated heterocycles. The molecule has 0 bridgehead atoms. The molecule has 8 heteroatoms. The third-order valence-corrected chi connectivity index (χ3v) is 4.38. The Morgan fingerprint density at radius 3 is 2.59 bits per heavy atom. The number of carbonyl (C=O) groups excluding carboxylic acids is 3. The molecule has 1 saturated carbocycles. The molecule has 1 aromatic carbocycles. The first-order valence-corrected chi connectivity index (χ1v) is 8.79. The number of nitrogens with zero attached hydrogens (tertiary/aromatic N) is 1. The number of ether oxygens (including phenoxy) is 2. The number of esters is 1. The fraction of sp³-hybridized carbons (Fsp3) is 0.474. The number of hydrogen-bond donors (Lipinski definition) is 2. The van der Waals surface area contributed by atoms with Crippen LogP contribution in [0.2, 0.25) is 0 Å². The van der Waals surface area contributed by atoms with Crippen molar-refractivity contribution in [1.82, 2.24) is 10.6 Å². The quantitative estimate of drug-likeness (QED) is 0.664. The lowest BCUT2D eigenvalue weighted by Gasteiger charge is -2.21. The molecule has 0 unspecified atom stereocenters. The van der Waals surface area contributed by atoms with Gasteiger partial charge < -0.3 is 20.1 Å². The Morgan fingerprint density at radius 2 is 1.93 bits per heavy atom. The van der Waals surface area contributed by atoms with Gasteiger partial charge in [-0.1, -0.05) is 12.1 Å². The van der Waals surface area contributed by atoms with Crippen molar-refractivity contribution < 1.29 is 23.9 Å². The minimum absolute atomic E-state index is 0.0689.